The smallest absolute Gasteiger partial charge is 0.161 e. The molecule has 1 saturated carbocycles. The fraction of sp³-hybridized carbons (Fsp3) is 0.417. The van der Waals surface area contributed by atoms with E-state index in [-0.39, 0.29) is 5.82 Å². The van der Waals surface area contributed by atoms with Gasteiger partial charge in [-0.15, -0.1) is 0 Å². The summed E-state index contributed by atoms with van der Waals surface area (Å²) in [4.78, 5) is 4.51. The SMILES string of the molecule is Fc1ccc(NC2=NCC(C3CC3)S2)c(I)c1. The number of benzene rings is 1. The number of aliphatic imine (C=N–C) groups is 1. The van der Waals surface area contributed by atoms with Crippen molar-refractivity contribution >= 4 is 45.2 Å². The van der Waals surface area contributed by atoms with Gasteiger partial charge in [0.1, 0.15) is 5.82 Å². The van der Waals surface area contributed by atoms with Crippen molar-refractivity contribution in [1.82, 2.24) is 0 Å². The zero-order valence-corrected chi connectivity index (χ0v) is 12.1. The van der Waals surface area contributed by atoms with Gasteiger partial charge in [0.2, 0.25) is 0 Å². The second kappa shape index (κ2) is 4.76. The fourth-order valence-corrected chi connectivity index (χ4v) is 3.71. The van der Waals surface area contributed by atoms with Crippen LogP contribution < -0.4 is 5.32 Å². The molecule has 0 bridgehead atoms. The molecule has 0 amide bonds. The molecule has 1 N–H and O–H groups in total. The number of amidine groups is 1. The van der Waals surface area contributed by atoms with Crippen LogP contribution in [0.2, 0.25) is 0 Å². The van der Waals surface area contributed by atoms with Crippen LogP contribution in [0.25, 0.3) is 0 Å². The number of anilines is 1. The quantitative estimate of drug-likeness (QED) is 0.811. The molecule has 0 spiro atoms. The van der Waals surface area contributed by atoms with E-state index in [1.165, 1.54) is 25.0 Å². The predicted octanol–water partition coefficient (Wildman–Crippen LogP) is 3.72. The van der Waals surface area contributed by atoms with E-state index in [0.717, 1.165) is 26.9 Å². The Morgan fingerprint density at radius 3 is 2.94 bits per heavy atom. The van der Waals surface area contributed by atoms with Crippen LogP contribution in [0, 0.1) is 15.3 Å². The fourth-order valence-electron chi connectivity index (χ4n) is 1.88. The van der Waals surface area contributed by atoms with Crippen LogP contribution in [-0.2, 0) is 0 Å². The first-order valence-electron chi connectivity index (χ1n) is 5.65. The molecule has 1 atom stereocenters. The van der Waals surface area contributed by atoms with Crippen LogP contribution in [0.15, 0.2) is 23.2 Å². The third-order valence-electron chi connectivity index (χ3n) is 3.00. The molecular formula is C12H12FIN2S. The molecule has 5 heteroatoms. The maximum Gasteiger partial charge on any atom is 0.161 e. The van der Waals surface area contributed by atoms with Crippen molar-refractivity contribution in [3.8, 4) is 0 Å². The van der Waals surface area contributed by atoms with Gasteiger partial charge >= 0.3 is 0 Å². The number of nitrogens with one attached hydrogen (secondary N) is 1. The van der Waals surface area contributed by atoms with Gasteiger partial charge in [0.15, 0.2) is 5.17 Å². The Bertz CT molecular complexity index is 474. The number of hydrogen-bond acceptors (Lipinski definition) is 3. The summed E-state index contributed by atoms with van der Waals surface area (Å²) in [5.74, 6) is 0.673. The lowest BCUT2D eigenvalue weighted by Crippen LogP contribution is -2.09. The molecule has 2 aliphatic rings. The molecule has 17 heavy (non-hydrogen) atoms. The third kappa shape index (κ3) is 2.76. The standard InChI is InChI=1S/C12H12FIN2S/c13-8-3-4-10(9(14)5-8)16-12-15-6-11(17-12)7-1-2-7/h3-5,7,11H,1-2,6H2,(H,15,16). The first-order chi connectivity index (χ1) is 8.22. The molecule has 1 unspecified atom stereocenters. The van der Waals surface area contributed by atoms with Crippen molar-refractivity contribution in [2.45, 2.75) is 18.1 Å². The normalized spacial score (nSPS) is 23.6. The zero-order chi connectivity index (χ0) is 11.8. The second-order valence-electron chi connectivity index (χ2n) is 4.39. The lowest BCUT2D eigenvalue weighted by molar-refractivity contribution is 0.627. The Balaban J connectivity index is 1.66. The Morgan fingerprint density at radius 2 is 2.24 bits per heavy atom. The molecule has 1 aromatic carbocycles. The zero-order valence-electron chi connectivity index (χ0n) is 9.12. The average molecular weight is 362 g/mol. The van der Waals surface area contributed by atoms with E-state index >= 15 is 0 Å². The molecule has 1 fully saturated rings. The van der Waals surface area contributed by atoms with Crippen LogP contribution >= 0.6 is 34.4 Å². The first kappa shape index (κ1) is 11.8. The summed E-state index contributed by atoms with van der Waals surface area (Å²) < 4.78 is 13.9. The molecule has 1 aliphatic carbocycles. The van der Waals surface area contributed by atoms with Crippen LogP contribution in [0.3, 0.4) is 0 Å². The maximum absolute atomic E-state index is 13.0. The van der Waals surface area contributed by atoms with Crippen molar-refractivity contribution in [3.63, 3.8) is 0 Å². The van der Waals surface area contributed by atoms with Gasteiger partial charge in [0, 0.05) is 8.82 Å². The van der Waals surface area contributed by atoms with E-state index in [1.807, 2.05) is 11.8 Å². The molecule has 1 aromatic rings. The summed E-state index contributed by atoms with van der Waals surface area (Å²) in [5, 5.41) is 4.93. The van der Waals surface area contributed by atoms with Gasteiger partial charge in [-0.25, -0.2) is 4.39 Å². The lowest BCUT2D eigenvalue weighted by atomic mass is 10.3. The summed E-state index contributed by atoms with van der Waals surface area (Å²) in [5.41, 5.74) is 0.940. The Kier molecular flexibility index (Phi) is 3.30. The number of rotatable bonds is 2. The van der Waals surface area contributed by atoms with E-state index in [4.69, 9.17) is 0 Å². The van der Waals surface area contributed by atoms with Gasteiger partial charge in [0.25, 0.3) is 0 Å². The van der Waals surface area contributed by atoms with Gasteiger partial charge in [-0.3, -0.25) is 4.99 Å². The number of halogens is 2. The van der Waals surface area contributed by atoms with E-state index in [0.29, 0.717) is 5.25 Å². The maximum atomic E-state index is 13.0. The summed E-state index contributed by atoms with van der Waals surface area (Å²) in [6.45, 7) is 0.926. The number of hydrogen-bond donors (Lipinski definition) is 1. The molecule has 3 rings (SSSR count). The molecule has 0 saturated heterocycles. The summed E-state index contributed by atoms with van der Waals surface area (Å²) in [7, 11) is 0. The lowest BCUT2D eigenvalue weighted by Gasteiger charge is -2.09. The molecule has 1 heterocycles. The van der Waals surface area contributed by atoms with E-state index < -0.39 is 0 Å². The van der Waals surface area contributed by atoms with Crippen molar-refractivity contribution in [3.05, 3.63) is 27.6 Å². The summed E-state index contributed by atoms with van der Waals surface area (Å²) in [6, 6.07) is 4.77. The highest BCUT2D eigenvalue weighted by Crippen LogP contribution is 2.42. The van der Waals surface area contributed by atoms with Crippen LogP contribution in [-0.4, -0.2) is 17.0 Å². The molecule has 0 aromatic heterocycles. The van der Waals surface area contributed by atoms with Crippen LogP contribution in [0.1, 0.15) is 12.8 Å². The predicted molar refractivity (Wildman–Crippen MR) is 79.1 cm³/mol. The second-order valence-corrected chi connectivity index (χ2v) is 6.78. The topological polar surface area (TPSA) is 24.4 Å². The minimum absolute atomic E-state index is 0.197. The minimum atomic E-state index is -0.197. The number of nitrogens with zero attached hydrogens (tertiary/aromatic N) is 1. The van der Waals surface area contributed by atoms with E-state index in [2.05, 4.69) is 32.9 Å². The minimum Gasteiger partial charge on any atom is -0.334 e. The van der Waals surface area contributed by atoms with Crippen molar-refractivity contribution in [1.29, 1.82) is 0 Å². The van der Waals surface area contributed by atoms with Gasteiger partial charge in [-0.1, -0.05) is 11.8 Å². The van der Waals surface area contributed by atoms with E-state index in [1.54, 1.807) is 6.07 Å². The molecule has 0 radical (unpaired) electrons. The Morgan fingerprint density at radius 1 is 1.41 bits per heavy atom. The Hall–Kier alpha value is -0.300. The highest BCUT2D eigenvalue weighted by Gasteiger charge is 2.35. The van der Waals surface area contributed by atoms with Crippen LogP contribution in [0.5, 0.6) is 0 Å². The molecule has 1 aliphatic heterocycles. The van der Waals surface area contributed by atoms with Crippen molar-refractivity contribution in [2.24, 2.45) is 10.9 Å². The van der Waals surface area contributed by atoms with Gasteiger partial charge in [-0.2, -0.15) is 0 Å². The highest BCUT2D eigenvalue weighted by molar-refractivity contribution is 14.1. The number of thioether (sulfide) groups is 1. The summed E-state index contributed by atoms with van der Waals surface area (Å²) in [6.07, 6.45) is 2.71. The third-order valence-corrected chi connectivity index (χ3v) is 5.18. The van der Waals surface area contributed by atoms with Crippen molar-refractivity contribution < 1.29 is 4.39 Å². The van der Waals surface area contributed by atoms with E-state index in [9.17, 15) is 4.39 Å². The van der Waals surface area contributed by atoms with Gasteiger partial charge < -0.3 is 5.32 Å². The Labute approximate surface area is 118 Å². The summed E-state index contributed by atoms with van der Waals surface area (Å²) >= 11 is 3.97. The molecular weight excluding hydrogens is 350 g/mol. The molecule has 90 valence electrons. The largest absolute Gasteiger partial charge is 0.334 e. The van der Waals surface area contributed by atoms with Crippen molar-refractivity contribution in [2.75, 3.05) is 11.9 Å². The average Bonchev–Trinajstić information content (AvgIpc) is 3.04. The molecule has 2 nitrogen and oxygen atoms in total. The van der Waals surface area contributed by atoms with Crippen LogP contribution in [0.4, 0.5) is 10.1 Å². The van der Waals surface area contributed by atoms with Gasteiger partial charge in [-0.05, 0) is 59.5 Å². The van der Waals surface area contributed by atoms with Gasteiger partial charge in [0.05, 0.1) is 12.2 Å². The first-order valence-corrected chi connectivity index (χ1v) is 7.61. The highest BCUT2D eigenvalue weighted by atomic mass is 127. The monoisotopic (exact) mass is 362 g/mol.